The SMILES string of the molecule is CN1C=CC=CC1Cl.I. The summed E-state index contributed by atoms with van der Waals surface area (Å²) < 4.78 is 0. The first-order valence-corrected chi connectivity index (χ1v) is 2.95. The minimum absolute atomic E-state index is 0. The molecule has 0 bridgehead atoms. The molecule has 9 heavy (non-hydrogen) atoms. The number of likely N-dealkylation sites (N-methyl/N-ethyl adjacent to an activating group) is 1. The smallest absolute Gasteiger partial charge is 0.122 e. The van der Waals surface area contributed by atoms with Crippen LogP contribution in [-0.2, 0) is 0 Å². The maximum atomic E-state index is 5.75. The molecule has 0 N–H and O–H groups in total. The van der Waals surface area contributed by atoms with Crippen molar-refractivity contribution in [2.75, 3.05) is 7.05 Å². The first kappa shape index (κ1) is 9.30. The van der Waals surface area contributed by atoms with E-state index in [0.717, 1.165) is 0 Å². The molecule has 0 amide bonds. The third-order valence-electron chi connectivity index (χ3n) is 1.09. The molecule has 0 radical (unpaired) electrons. The lowest BCUT2D eigenvalue weighted by molar-refractivity contribution is 0.467. The van der Waals surface area contributed by atoms with Gasteiger partial charge in [0.05, 0.1) is 0 Å². The van der Waals surface area contributed by atoms with Gasteiger partial charge in [0.2, 0.25) is 0 Å². The van der Waals surface area contributed by atoms with Crippen molar-refractivity contribution >= 4 is 35.6 Å². The van der Waals surface area contributed by atoms with Gasteiger partial charge in [-0.1, -0.05) is 17.7 Å². The molecule has 0 aromatic carbocycles. The average Bonchev–Trinajstić information content (AvgIpc) is 1.77. The third-order valence-corrected chi connectivity index (χ3v) is 1.54. The normalized spacial score (nSPS) is 23.8. The number of nitrogens with zero attached hydrogens (tertiary/aromatic N) is 1. The fourth-order valence-corrected chi connectivity index (χ4v) is 0.708. The van der Waals surface area contributed by atoms with Gasteiger partial charge in [-0.15, -0.1) is 24.0 Å². The van der Waals surface area contributed by atoms with E-state index in [2.05, 4.69) is 0 Å². The van der Waals surface area contributed by atoms with Gasteiger partial charge in [-0.2, -0.15) is 0 Å². The number of hydrogen-bond donors (Lipinski definition) is 0. The molecule has 1 nitrogen and oxygen atoms in total. The van der Waals surface area contributed by atoms with E-state index in [-0.39, 0.29) is 29.5 Å². The predicted octanol–water partition coefficient (Wildman–Crippen LogP) is 2.18. The van der Waals surface area contributed by atoms with E-state index in [1.165, 1.54) is 0 Å². The van der Waals surface area contributed by atoms with Gasteiger partial charge >= 0.3 is 0 Å². The molecule has 0 saturated heterocycles. The third kappa shape index (κ3) is 2.58. The summed E-state index contributed by atoms with van der Waals surface area (Å²) in [7, 11) is 1.94. The number of allylic oxidation sites excluding steroid dienone is 2. The average molecular weight is 258 g/mol. The molecule has 1 atom stereocenters. The van der Waals surface area contributed by atoms with Gasteiger partial charge in [-0.05, 0) is 12.2 Å². The van der Waals surface area contributed by atoms with Gasteiger partial charge in [0.1, 0.15) is 5.50 Å². The minimum atomic E-state index is 0. The summed E-state index contributed by atoms with van der Waals surface area (Å²) in [4.78, 5) is 1.93. The highest BCUT2D eigenvalue weighted by molar-refractivity contribution is 14.0. The Balaban J connectivity index is 0.000000640. The molecule has 0 aromatic rings. The van der Waals surface area contributed by atoms with E-state index in [0.29, 0.717) is 0 Å². The molecule has 0 aromatic heterocycles. The molecule has 1 rings (SSSR count). The second-order valence-corrected chi connectivity index (χ2v) is 2.21. The fourth-order valence-electron chi connectivity index (χ4n) is 0.559. The van der Waals surface area contributed by atoms with Crippen LogP contribution in [0.4, 0.5) is 0 Å². The summed E-state index contributed by atoms with van der Waals surface area (Å²) in [5.41, 5.74) is 0.0417. The zero-order valence-electron chi connectivity index (χ0n) is 5.12. The molecular weight excluding hydrogens is 248 g/mol. The lowest BCUT2D eigenvalue weighted by Crippen LogP contribution is -2.20. The van der Waals surface area contributed by atoms with Crippen molar-refractivity contribution < 1.29 is 0 Å². The molecule has 52 valence electrons. The van der Waals surface area contributed by atoms with Crippen LogP contribution in [0.5, 0.6) is 0 Å². The molecule has 1 unspecified atom stereocenters. The van der Waals surface area contributed by atoms with Crippen molar-refractivity contribution in [1.82, 2.24) is 4.90 Å². The Morgan fingerprint density at radius 3 is 2.44 bits per heavy atom. The molecule has 3 heteroatoms. The van der Waals surface area contributed by atoms with Crippen LogP contribution in [0, 0.1) is 0 Å². The maximum Gasteiger partial charge on any atom is 0.122 e. The fraction of sp³-hybridized carbons (Fsp3) is 0.333. The summed E-state index contributed by atoms with van der Waals surface area (Å²) >= 11 is 5.75. The van der Waals surface area contributed by atoms with Gasteiger partial charge in [-0.3, -0.25) is 0 Å². The number of halogens is 2. The van der Waals surface area contributed by atoms with Gasteiger partial charge in [0, 0.05) is 13.2 Å². The Hall–Kier alpha value is 0.300. The monoisotopic (exact) mass is 257 g/mol. The van der Waals surface area contributed by atoms with Crippen LogP contribution in [0.2, 0.25) is 0 Å². The molecular formula is C6H9ClIN. The van der Waals surface area contributed by atoms with Gasteiger partial charge in [0.15, 0.2) is 0 Å². The van der Waals surface area contributed by atoms with Crippen molar-refractivity contribution in [3.63, 3.8) is 0 Å². The van der Waals surface area contributed by atoms with E-state index in [9.17, 15) is 0 Å². The van der Waals surface area contributed by atoms with Crippen LogP contribution in [0.1, 0.15) is 0 Å². The zero-order valence-corrected chi connectivity index (χ0v) is 8.21. The summed E-state index contributed by atoms with van der Waals surface area (Å²) in [6.45, 7) is 0. The van der Waals surface area contributed by atoms with E-state index in [1.807, 2.05) is 36.4 Å². The molecule has 0 spiro atoms. The van der Waals surface area contributed by atoms with Crippen LogP contribution in [0.15, 0.2) is 24.4 Å². The second-order valence-electron chi connectivity index (χ2n) is 1.76. The molecule has 0 fully saturated rings. The molecule has 1 aliphatic rings. The van der Waals surface area contributed by atoms with Crippen LogP contribution in [-0.4, -0.2) is 17.4 Å². The lowest BCUT2D eigenvalue weighted by atomic mass is 10.4. The van der Waals surface area contributed by atoms with Gasteiger partial charge in [-0.25, -0.2) is 0 Å². The van der Waals surface area contributed by atoms with Gasteiger partial charge in [0.25, 0.3) is 0 Å². The zero-order chi connectivity index (χ0) is 5.98. The second kappa shape index (κ2) is 4.17. The van der Waals surface area contributed by atoms with Crippen molar-refractivity contribution in [3.8, 4) is 0 Å². The number of hydrogen-bond acceptors (Lipinski definition) is 1. The highest BCUT2D eigenvalue weighted by Gasteiger charge is 2.03. The van der Waals surface area contributed by atoms with Crippen LogP contribution in [0.25, 0.3) is 0 Å². The molecule has 1 heterocycles. The summed E-state index contributed by atoms with van der Waals surface area (Å²) in [5, 5.41) is 0. The Labute approximate surface area is 77.4 Å². The molecule has 1 aliphatic heterocycles. The Morgan fingerprint density at radius 2 is 2.11 bits per heavy atom. The van der Waals surface area contributed by atoms with Crippen LogP contribution in [0.3, 0.4) is 0 Å². The highest BCUT2D eigenvalue weighted by Crippen LogP contribution is 2.07. The Kier molecular flexibility index (Phi) is 4.31. The Bertz CT molecular complexity index is 117. The maximum absolute atomic E-state index is 5.75. The standard InChI is InChI=1S/C6H8ClN.HI/c1-8-5-3-2-4-6(8)7;/h2-6H,1H3;1H. The highest BCUT2D eigenvalue weighted by atomic mass is 127. The largest absolute Gasteiger partial charge is 0.361 e. The minimum Gasteiger partial charge on any atom is -0.361 e. The van der Waals surface area contributed by atoms with Crippen molar-refractivity contribution in [2.24, 2.45) is 0 Å². The van der Waals surface area contributed by atoms with E-state index < -0.39 is 0 Å². The quantitative estimate of drug-likeness (QED) is 0.365. The number of rotatable bonds is 0. The lowest BCUT2D eigenvalue weighted by Gasteiger charge is -2.19. The first-order valence-electron chi connectivity index (χ1n) is 2.52. The van der Waals surface area contributed by atoms with Crippen LogP contribution < -0.4 is 0 Å². The van der Waals surface area contributed by atoms with Crippen molar-refractivity contribution in [2.45, 2.75) is 5.50 Å². The van der Waals surface area contributed by atoms with Crippen molar-refractivity contribution in [1.29, 1.82) is 0 Å². The summed E-state index contributed by atoms with van der Waals surface area (Å²) in [6, 6.07) is 0. The number of alkyl halides is 1. The van der Waals surface area contributed by atoms with E-state index in [1.54, 1.807) is 0 Å². The van der Waals surface area contributed by atoms with Crippen LogP contribution >= 0.6 is 35.6 Å². The van der Waals surface area contributed by atoms with Gasteiger partial charge < -0.3 is 4.90 Å². The van der Waals surface area contributed by atoms with Crippen molar-refractivity contribution in [3.05, 3.63) is 24.4 Å². The topological polar surface area (TPSA) is 3.24 Å². The first-order chi connectivity index (χ1) is 3.80. The van der Waals surface area contributed by atoms with E-state index >= 15 is 0 Å². The van der Waals surface area contributed by atoms with E-state index in [4.69, 9.17) is 11.6 Å². The summed E-state index contributed by atoms with van der Waals surface area (Å²) in [6.07, 6.45) is 7.77. The summed E-state index contributed by atoms with van der Waals surface area (Å²) in [5.74, 6) is 0. The molecule has 0 aliphatic carbocycles. The predicted molar refractivity (Wildman–Crippen MR) is 51.1 cm³/mol. The Morgan fingerprint density at radius 1 is 1.44 bits per heavy atom. The molecule has 0 saturated carbocycles.